The number of aromatic nitrogens is 2. The molecule has 1 aliphatic rings. The molecule has 0 aromatic carbocycles. The molecule has 0 bridgehead atoms. The second-order valence-electron chi connectivity index (χ2n) is 4.84. The zero-order valence-corrected chi connectivity index (χ0v) is 10.8. The highest BCUT2D eigenvalue weighted by atomic mass is 35.5. The summed E-state index contributed by atoms with van der Waals surface area (Å²) < 4.78 is 1.75. The Morgan fingerprint density at radius 2 is 2.39 bits per heavy atom. The summed E-state index contributed by atoms with van der Waals surface area (Å²) in [5, 5.41) is 13.8. The second-order valence-corrected chi connectivity index (χ2v) is 5.20. The predicted octanol–water partition coefficient (Wildman–Crippen LogP) is 2.24. The van der Waals surface area contributed by atoms with Crippen LogP contribution in [0.4, 0.5) is 0 Å². The monoisotopic (exact) mass is 265 g/mol. The van der Waals surface area contributed by atoms with E-state index in [0.29, 0.717) is 11.1 Å². The van der Waals surface area contributed by atoms with Gasteiger partial charge in [-0.05, 0) is 44.0 Å². The number of fused-ring (bicyclic) bond motifs is 1. The Labute approximate surface area is 111 Å². The van der Waals surface area contributed by atoms with Crippen LogP contribution in [-0.2, 0) is 6.42 Å². The predicted molar refractivity (Wildman–Crippen MR) is 71.2 cm³/mol. The normalized spacial score (nSPS) is 20.4. The van der Waals surface area contributed by atoms with Crippen LogP contribution in [0.25, 0.3) is 5.52 Å². The SMILES string of the molecule is Oc1cccc2c(Cl)nc(CC3CCCNC3)n12. The van der Waals surface area contributed by atoms with E-state index in [1.165, 1.54) is 12.8 Å². The van der Waals surface area contributed by atoms with Crippen LogP contribution in [0, 0.1) is 5.92 Å². The third-order valence-corrected chi connectivity index (χ3v) is 3.81. The first-order valence-corrected chi connectivity index (χ1v) is 6.69. The largest absolute Gasteiger partial charge is 0.494 e. The topological polar surface area (TPSA) is 49.6 Å². The van der Waals surface area contributed by atoms with Crippen molar-refractivity contribution in [2.45, 2.75) is 19.3 Å². The van der Waals surface area contributed by atoms with Crippen molar-refractivity contribution in [1.29, 1.82) is 0 Å². The Hall–Kier alpha value is -1.26. The standard InChI is InChI=1S/C13H16ClN3O/c14-13-10-4-1-5-12(18)17(10)11(16-13)7-9-3-2-6-15-8-9/h1,4-5,9,15,18H,2-3,6-8H2. The van der Waals surface area contributed by atoms with Crippen molar-refractivity contribution in [1.82, 2.24) is 14.7 Å². The third kappa shape index (κ3) is 2.06. The fourth-order valence-corrected chi connectivity index (χ4v) is 2.89. The fourth-order valence-electron chi connectivity index (χ4n) is 2.64. The second kappa shape index (κ2) is 4.78. The smallest absolute Gasteiger partial charge is 0.197 e. The first kappa shape index (κ1) is 11.8. The molecule has 0 aliphatic carbocycles. The van der Waals surface area contributed by atoms with E-state index < -0.39 is 0 Å². The molecule has 2 N–H and O–H groups in total. The van der Waals surface area contributed by atoms with Gasteiger partial charge in [0, 0.05) is 6.42 Å². The molecular formula is C13H16ClN3O. The van der Waals surface area contributed by atoms with E-state index in [2.05, 4.69) is 10.3 Å². The van der Waals surface area contributed by atoms with Crippen LogP contribution < -0.4 is 5.32 Å². The summed E-state index contributed by atoms with van der Waals surface area (Å²) in [6.07, 6.45) is 3.25. The summed E-state index contributed by atoms with van der Waals surface area (Å²) in [6.45, 7) is 2.12. The molecule has 3 heterocycles. The highest BCUT2D eigenvalue weighted by Crippen LogP contribution is 2.25. The molecule has 96 valence electrons. The lowest BCUT2D eigenvalue weighted by Crippen LogP contribution is -2.31. The number of halogens is 1. The van der Waals surface area contributed by atoms with Gasteiger partial charge >= 0.3 is 0 Å². The Kier molecular flexibility index (Phi) is 3.14. The van der Waals surface area contributed by atoms with E-state index in [-0.39, 0.29) is 5.88 Å². The number of nitrogens with zero attached hydrogens (tertiary/aromatic N) is 2. The zero-order chi connectivity index (χ0) is 12.5. The van der Waals surface area contributed by atoms with Gasteiger partial charge in [-0.2, -0.15) is 0 Å². The maximum atomic E-state index is 9.94. The Bertz CT molecular complexity index is 561. The Morgan fingerprint density at radius 1 is 1.50 bits per heavy atom. The molecule has 2 aromatic heterocycles. The van der Waals surface area contributed by atoms with Crippen LogP contribution in [0.15, 0.2) is 18.2 Å². The van der Waals surface area contributed by atoms with E-state index >= 15 is 0 Å². The quantitative estimate of drug-likeness (QED) is 0.876. The highest BCUT2D eigenvalue weighted by Gasteiger charge is 2.18. The summed E-state index contributed by atoms with van der Waals surface area (Å²) in [6, 6.07) is 5.31. The molecule has 0 radical (unpaired) electrons. The molecule has 18 heavy (non-hydrogen) atoms. The van der Waals surface area contributed by atoms with Crippen LogP contribution in [-0.4, -0.2) is 27.6 Å². The van der Waals surface area contributed by atoms with Gasteiger partial charge in [0.1, 0.15) is 5.82 Å². The van der Waals surface area contributed by atoms with Crippen molar-refractivity contribution in [3.63, 3.8) is 0 Å². The molecule has 0 spiro atoms. The highest BCUT2D eigenvalue weighted by molar-refractivity contribution is 6.32. The molecule has 5 heteroatoms. The number of imidazole rings is 1. The van der Waals surface area contributed by atoms with E-state index in [0.717, 1.165) is 30.9 Å². The summed E-state index contributed by atoms with van der Waals surface area (Å²) in [5.74, 6) is 1.62. The number of pyridine rings is 1. The fraction of sp³-hybridized carbons (Fsp3) is 0.462. The lowest BCUT2D eigenvalue weighted by atomic mass is 9.96. The van der Waals surface area contributed by atoms with Crippen molar-refractivity contribution >= 4 is 17.1 Å². The van der Waals surface area contributed by atoms with Gasteiger partial charge in [0.15, 0.2) is 11.0 Å². The van der Waals surface area contributed by atoms with E-state index in [1.54, 1.807) is 16.5 Å². The molecule has 4 nitrogen and oxygen atoms in total. The van der Waals surface area contributed by atoms with Gasteiger partial charge in [-0.25, -0.2) is 4.98 Å². The first-order valence-electron chi connectivity index (χ1n) is 6.31. The summed E-state index contributed by atoms with van der Waals surface area (Å²) in [7, 11) is 0. The van der Waals surface area contributed by atoms with Crippen molar-refractivity contribution < 1.29 is 5.11 Å². The maximum absolute atomic E-state index is 9.94. The average molecular weight is 266 g/mol. The van der Waals surface area contributed by atoms with Gasteiger partial charge in [-0.1, -0.05) is 17.7 Å². The molecule has 2 aromatic rings. The molecule has 3 rings (SSSR count). The number of piperidine rings is 1. The number of nitrogens with one attached hydrogen (secondary N) is 1. The van der Waals surface area contributed by atoms with Gasteiger partial charge in [0.05, 0.1) is 5.52 Å². The summed E-state index contributed by atoms with van der Waals surface area (Å²) >= 11 is 6.11. The average Bonchev–Trinajstić information content (AvgIpc) is 2.69. The number of hydrogen-bond acceptors (Lipinski definition) is 3. The number of hydrogen-bond donors (Lipinski definition) is 2. The minimum absolute atomic E-state index is 0.200. The number of rotatable bonds is 2. The molecule has 1 aliphatic heterocycles. The molecule has 0 saturated carbocycles. The van der Waals surface area contributed by atoms with Gasteiger partial charge in [0.25, 0.3) is 0 Å². The number of aromatic hydroxyl groups is 1. The van der Waals surface area contributed by atoms with E-state index in [9.17, 15) is 5.11 Å². The van der Waals surface area contributed by atoms with Crippen molar-refractivity contribution in [3.05, 3.63) is 29.2 Å². The third-order valence-electron chi connectivity index (χ3n) is 3.54. The van der Waals surface area contributed by atoms with E-state index in [4.69, 9.17) is 11.6 Å². The van der Waals surface area contributed by atoms with Crippen LogP contribution in [0.2, 0.25) is 5.15 Å². The Morgan fingerprint density at radius 3 is 3.17 bits per heavy atom. The molecule has 1 atom stereocenters. The minimum Gasteiger partial charge on any atom is -0.494 e. The van der Waals surface area contributed by atoms with Crippen molar-refractivity contribution in [3.8, 4) is 5.88 Å². The van der Waals surface area contributed by atoms with Crippen molar-refractivity contribution in [2.75, 3.05) is 13.1 Å². The maximum Gasteiger partial charge on any atom is 0.197 e. The van der Waals surface area contributed by atoms with Gasteiger partial charge in [0.2, 0.25) is 0 Å². The molecule has 1 saturated heterocycles. The van der Waals surface area contributed by atoms with Crippen LogP contribution in [0.3, 0.4) is 0 Å². The first-order chi connectivity index (χ1) is 8.75. The van der Waals surface area contributed by atoms with Gasteiger partial charge < -0.3 is 10.4 Å². The zero-order valence-electron chi connectivity index (χ0n) is 10.1. The lowest BCUT2D eigenvalue weighted by Gasteiger charge is -2.22. The van der Waals surface area contributed by atoms with Gasteiger partial charge in [-0.3, -0.25) is 4.40 Å². The molecule has 1 fully saturated rings. The van der Waals surface area contributed by atoms with Crippen LogP contribution in [0.1, 0.15) is 18.7 Å². The molecular weight excluding hydrogens is 250 g/mol. The van der Waals surface area contributed by atoms with Crippen molar-refractivity contribution in [2.24, 2.45) is 5.92 Å². The van der Waals surface area contributed by atoms with Crippen LogP contribution >= 0.6 is 11.6 Å². The Balaban J connectivity index is 1.96. The lowest BCUT2D eigenvalue weighted by molar-refractivity contribution is 0.367. The summed E-state index contributed by atoms with van der Waals surface area (Å²) in [4.78, 5) is 4.39. The minimum atomic E-state index is 0.200. The molecule has 1 unspecified atom stereocenters. The van der Waals surface area contributed by atoms with Gasteiger partial charge in [-0.15, -0.1) is 0 Å². The molecule has 0 amide bonds. The van der Waals surface area contributed by atoms with Crippen LogP contribution in [0.5, 0.6) is 5.88 Å². The summed E-state index contributed by atoms with van der Waals surface area (Å²) in [5.41, 5.74) is 0.774. The van der Waals surface area contributed by atoms with E-state index in [1.807, 2.05) is 6.07 Å².